The standard InChI is InChI=1S/C14H16N2O4S2/c1-9-6-11(17)12(18)7-10(9)13-4-5-14(21-13)22(19,20)15-8-16(2)3/h4-8,17-18H,1-3H3/b15-8+. The molecule has 1 aromatic heterocycles. The van der Waals surface area contributed by atoms with E-state index in [9.17, 15) is 18.6 Å². The summed E-state index contributed by atoms with van der Waals surface area (Å²) >= 11 is 1.06. The highest BCUT2D eigenvalue weighted by atomic mass is 32.2. The van der Waals surface area contributed by atoms with Crippen LogP contribution in [0.4, 0.5) is 0 Å². The maximum absolute atomic E-state index is 12.1. The number of sulfonamides is 1. The van der Waals surface area contributed by atoms with Crippen molar-refractivity contribution in [2.24, 2.45) is 4.40 Å². The molecule has 0 fully saturated rings. The van der Waals surface area contributed by atoms with Gasteiger partial charge in [0.25, 0.3) is 10.0 Å². The quantitative estimate of drug-likeness (QED) is 0.507. The monoisotopic (exact) mass is 340 g/mol. The molecule has 0 bridgehead atoms. The number of hydrogen-bond acceptors (Lipinski definition) is 5. The minimum Gasteiger partial charge on any atom is -0.504 e. The molecule has 2 aromatic rings. The van der Waals surface area contributed by atoms with Gasteiger partial charge in [-0.05, 0) is 42.3 Å². The maximum Gasteiger partial charge on any atom is 0.293 e. The zero-order valence-electron chi connectivity index (χ0n) is 12.3. The van der Waals surface area contributed by atoms with E-state index in [0.29, 0.717) is 10.4 Å². The Morgan fingerprint density at radius 3 is 2.45 bits per heavy atom. The molecule has 1 aromatic carbocycles. The summed E-state index contributed by atoms with van der Waals surface area (Å²) in [6.45, 7) is 1.77. The molecule has 0 saturated heterocycles. The predicted molar refractivity (Wildman–Crippen MR) is 87.2 cm³/mol. The number of aryl methyl sites for hydroxylation is 1. The van der Waals surface area contributed by atoms with Gasteiger partial charge in [0.1, 0.15) is 10.5 Å². The SMILES string of the molecule is Cc1cc(O)c(O)cc1-c1ccc(S(=O)(=O)/N=C/N(C)C)s1. The second kappa shape index (κ2) is 5.98. The van der Waals surface area contributed by atoms with Gasteiger partial charge in [0.15, 0.2) is 11.5 Å². The maximum atomic E-state index is 12.1. The number of phenolic OH excluding ortho intramolecular Hbond substituents is 2. The predicted octanol–water partition coefficient (Wildman–Crippen LogP) is 2.41. The average molecular weight is 340 g/mol. The van der Waals surface area contributed by atoms with Crippen LogP contribution >= 0.6 is 11.3 Å². The summed E-state index contributed by atoms with van der Waals surface area (Å²) in [5.74, 6) is -0.453. The van der Waals surface area contributed by atoms with Crippen molar-refractivity contribution in [2.45, 2.75) is 11.1 Å². The van der Waals surface area contributed by atoms with Gasteiger partial charge in [-0.25, -0.2) is 0 Å². The third kappa shape index (κ3) is 3.40. The number of phenols is 2. The number of benzene rings is 1. The van der Waals surface area contributed by atoms with Crippen LogP contribution in [0.2, 0.25) is 0 Å². The number of nitrogens with zero attached hydrogens (tertiary/aromatic N) is 2. The molecule has 0 atom stereocenters. The van der Waals surface area contributed by atoms with Crippen LogP contribution in [0.1, 0.15) is 5.56 Å². The van der Waals surface area contributed by atoms with Crippen molar-refractivity contribution in [2.75, 3.05) is 14.1 Å². The molecule has 0 aliphatic rings. The molecule has 0 spiro atoms. The minimum atomic E-state index is -3.74. The second-order valence-corrected chi connectivity index (χ2v) is 7.88. The number of hydrogen-bond donors (Lipinski definition) is 2. The molecular weight excluding hydrogens is 324 g/mol. The molecule has 8 heteroatoms. The second-order valence-electron chi connectivity index (χ2n) is 4.93. The smallest absolute Gasteiger partial charge is 0.293 e. The van der Waals surface area contributed by atoms with E-state index in [2.05, 4.69) is 4.40 Å². The third-order valence-electron chi connectivity index (χ3n) is 2.84. The molecule has 0 unspecified atom stereocenters. The van der Waals surface area contributed by atoms with Crippen molar-refractivity contribution < 1.29 is 18.6 Å². The number of thiophene rings is 1. The molecular formula is C14H16N2O4S2. The first-order valence-corrected chi connectivity index (χ1v) is 8.56. The van der Waals surface area contributed by atoms with Gasteiger partial charge in [-0.15, -0.1) is 15.7 Å². The zero-order chi connectivity index (χ0) is 16.5. The van der Waals surface area contributed by atoms with Crippen molar-refractivity contribution in [3.8, 4) is 21.9 Å². The molecule has 6 nitrogen and oxygen atoms in total. The van der Waals surface area contributed by atoms with Crippen LogP contribution in [0.15, 0.2) is 32.9 Å². The fourth-order valence-electron chi connectivity index (χ4n) is 1.76. The first-order valence-electron chi connectivity index (χ1n) is 6.30. The van der Waals surface area contributed by atoms with E-state index in [0.717, 1.165) is 16.9 Å². The van der Waals surface area contributed by atoms with Gasteiger partial charge in [-0.2, -0.15) is 8.42 Å². The molecule has 2 N–H and O–H groups in total. The lowest BCUT2D eigenvalue weighted by Gasteiger charge is -2.06. The van der Waals surface area contributed by atoms with Crippen LogP contribution in [0.25, 0.3) is 10.4 Å². The first kappa shape index (κ1) is 16.3. The molecule has 0 saturated carbocycles. The van der Waals surface area contributed by atoms with Crippen molar-refractivity contribution in [3.05, 3.63) is 29.8 Å². The van der Waals surface area contributed by atoms with Gasteiger partial charge in [-0.3, -0.25) is 0 Å². The van der Waals surface area contributed by atoms with Gasteiger partial charge in [0.05, 0.1) is 0 Å². The first-order chi connectivity index (χ1) is 10.2. The van der Waals surface area contributed by atoms with Crippen molar-refractivity contribution in [1.29, 1.82) is 0 Å². The summed E-state index contributed by atoms with van der Waals surface area (Å²) in [4.78, 5) is 2.21. The lowest BCUT2D eigenvalue weighted by molar-refractivity contribution is 0.403. The highest BCUT2D eigenvalue weighted by Gasteiger charge is 2.17. The molecule has 1 heterocycles. The molecule has 0 amide bonds. The molecule has 2 rings (SSSR count). The van der Waals surface area contributed by atoms with Crippen molar-refractivity contribution >= 4 is 27.7 Å². The van der Waals surface area contributed by atoms with Crippen LogP contribution in [0.3, 0.4) is 0 Å². The highest BCUT2D eigenvalue weighted by Crippen LogP contribution is 2.38. The zero-order valence-corrected chi connectivity index (χ0v) is 13.9. The summed E-state index contributed by atoms with van der Waals surface area (Å²) in [5, 5.41) is 19.1. The van der Waals surface area contributed by atoms with Gasteiger partial charge >= 0.3 is 0 Å². The molecule has 0 radical (unpaired) electrons. The summed E-state index contributed by atoms with van der Waals surface area (Å²) in [7, 11) is -0.375. The molecule has 0 aliphatic heterocycles. The molecule has 0 aliphatic carbocycles. The van der Waals surface area contributed by atoms with Crippen LogP contribution in [0.5, 0.6) is 11.5 Å². The Morgan fingerprint density at radius 1 is 1.18 bits per heavy atom. The van der Waals surface area contributed by atoms with E-state index >= 15 is 0 Å². The Hall–Kier alpha value is -2.06. The highest BCUT2D eigenvalue weighted by molar-refractivity contribution is 7.92. The van der Waals surface area contributed by atoms with Gasteiger partial charge in [-0.1, -0.05) is 0 Å². The van der Waals surface area contributed by atoms with E-state index in [1.54, 1.807) is 27.1 Å². The lowest BCUT2D eigenvalue weighted by Crippen LogP contribution is -2.09. The van der Waals surface area contributed by atoms with E-state index in [-0.39, 0.29) is 15.7 Å². The number of aromatic hydroxyl groups is 2. The van der Waals surface area contributed by atoms with Crippen LogP contribution in [-0.2, 0) is 10.0 Å². The van der Waals surface area contributed by atoms with E-state index in [1.165, 1.54) is 29.4 Å². The largest absolute Gasteiger partial charge is 0.504 e. The number of rotatable bonds is 4. The Bertz CT molecular complexity index is 823. The van der Waals surface area contributed by atoms with Crippen LogP contribution in [-0.4, -0.2) is 44.0 Å². The summed E-state index contributed by atoms with van der Waals surface area (Å²) in [6, 6.07) is 5.98. The van der Waals surface area contributed by atoms with Crippen LogP contribution in [0, 0.1) is 6.92 Å². The van der Waals surface area contributed by atoms with Gasteiger partial charge in [0, 0.05) is 19.0 Å². The molecule has 118 valence electrons. The van der Waals surface area contributed by atoms with Crippen LogP contribution < -0.4 is 0 Å². The third-order valence-corrected chi connectivity index (χ3v) is 5.65. The van der Waals surface area contributed by atoms with Gasteiger partial charge in [0.2, 0.25) is 0 Å². The van der Waals surface area contributed by atoms with E-state index < -0.39 is 10.0 Å². The van der Waals surface area contributed by atoms with E-state index in [4.69, 9.17) is 0 Å². The fourth-order valence-corrected chi connectivity index (χ4v) is 4.05. The van der Waals surface area contributed by atoms with Gasteiger partial charge < -0.3 is 15.1 Å². The summed E-state index contributed by atoms with van der Waals surface area (Å²) < 4.78 is 27.9. The van der Waals surface area contributed by atoms with Crippen molar-refractivity contribution in [1.82, 2.24) is 4.90 Å². The Morgan fingerprint density at radius 2 is 1.82 bits per heavy atom. The molecule has 22 heavy (non-hydrogen) atoms. The minimum absolute atomic E-state index is 0.118. The Balaban J connectivity index is 2.43. The Kier molecular flexibility index (Phi) is 4.43. The fraction of sp³-hybridized carbons (Fsp3) is 0.214. The Labute approximate surface area is 133 Å². The lowest BCUT2D eigenvalue weighted by atomic mass is 10.1. The summed E-state index contributed by atoms with van der Waals surface area (Å²) in [6.07, 6.45) is 1.23. The topological polar surface area (TPSA) is 90.2 Å². The summed E-state index contributed by atoms with van der Waals surface area (Å²) in [5.41, 5.74) is 1.40. The average Bonchev–Trinajstić information content (AvgIpc) is 2.91. The normalized spacial score (nSPS) is 12.0. The van der Waals surface area contributed by atoms with Crippen molar-refractivity contribution in [3.63, 3.8) is 0 Å². The van der Waals surface area contributed by atoms with E-state index in [1.807, 2.05) is 0 Å².